The first-order valence-corrected chi connectivity index (χ1v) is 6.33. The van der Waals surface area contributed by atoms with Gasteiger partial charge in [-0.25, -0.2) is 0 Å². The molecule has 94 valence electrons. The van der Waals surface area contributed by atoms with Crippen LogP contribution < -0.4 is 11.1 Å². The van der Waals surface area contributed by atoms with Gasteiger partial charge in [-0.2, -0.15) is 0 Å². The van der Waals surface area contributed by atoms with Gasteiger partial charge in [-0.1, -0.05) is 18.2 Å². The van der Waals surface area contributed by atoms with E-state index in [9.17, 15) is 0 Å². The summed E-state index contributed by atoms with van der Waals surface area (Å²) in [6.45, 7) is 1.68. The normalized spacial score (nSPS) is 19.2. The van der Waals surface area contributed by atoms with Gasteiger partial charge < -0.3 is 15.8 Å². The van der Waals surface area contributed by atoms with Crippen LogP contribution in [-0.2, 0) is 4.74 Å². The van der Waals surface area contributed by atoms with Gasteiger partial charge in [0.05, 0.1) is 29.2 Å². The molecule has 1 unspecified atom stereocenters. The number of rotatable bonds is 3. The van der Waals surface area contributed by atoms with Crippen LogP contribution in [0.1, 0.15) is 12.8 Å². The largest absolute Gasteiger partial charge is 0.396 e. The van der Waals surface area contributed by atoms with E-state index in [0.717, 1.165) is 42.6 Å². The number of hydrogen-bond acceptors (Lipinski definition) is 4. The second-order valence-corrected chi connectivity index (χ2v) is 4.62. The Morgan fingerprint density at radius 3 is 3.11 bits per heavy atom. The van der Waals surface area contributed by atoms with E-state index in [1.54, 1.807) is 6.20 Å². The van der Waals surface area contributed by atoms with E-state index >= 15 is 0 Å². The van der Waals surface area contributed by atoms with E-state index in [-0.39, 0.29) is 0 Å². The van der Waals surface area contributed by atoms with Crippen LogP contribution in [0.15, 0.2) is 30.5 Å². The van der Waals surface area contributed by atoms with E-state index < -0.39 is 0 Å². The van der Waals surface area contributed by atoms with Gasteiger partial charge in [-0.3, -0.25) is 4.98 Å². The topological polar surface area (TPSA) is 60.2 Å². The quantitative estimate of drug-likeness (QED) is 0.869. The molecule has 1 aliphatic rings. The highest BCUT2D eigenvalue weighted by molar-refractivity contribution is 5.96. The highest BCUT2D eigenvalue weighted by Gasteiger charge is 2.16. The molecule has 3 N–H and O–H groups in total. The summed E-state index contributed by atoms with van der Waals surface area (Å²) in [6.07, 6.45) is 4.28. The van der Waals surface area contributed by atoms with Crippen LogP contribution in [0, 0.1) is 0 Å². The number of anilines is 2. The number of para-hydroxylation sites is 1. The van der Waals surface area contributed by atoms with E-state index in [1.807, 2.05) is 24.3 Å². The summed E-state index contributed by atoms with van der Waals surface area (Å²) < 4.78 is 5.61. The number of hydrogen-bond donors (Lipinski definition) is 2. The minimum absolute atomic E-state index is 0.302. The number of nitrogens with one attached hydrogen (secondary N) is 1. The monoisotopic (exact) mass is 243 g/mol. The molecule has 0 bridgehead atoms. The first-order chi connectivity index (χ1) is 8.84. The first-order valence-electron chi connectivity index (χ1n) is 6.33. The molecule has 0 spiro atoms. The molecule has 1 aliphatic heterocycles. The van der Waals surface area contributed by atoms with E-state index in [1.165, 1.54) is 0 Å². The number of pyridine rings is 1. The number of ether oxygens (including phenoxy) is 1. The Morgan fingerprint density at radius 2 is 2.28 bits per heavy atom. The standard InChI is InChI=1S/C14H17N3O/c15-12-9-16-13-6-2-1-5-11(13)14(12)17-8-10-4-3-7-18-10/h1-2,5-6,9-10H,3-4,7-8,15H2,(H,16,17). The maximum atomic E-state index is 6.01. The molecule has 1 atom stereocenters. The average Bonchev–Trinajstić information content (AvgIpc) is 2.91. The molecule has 4 nitrogen and oxygen atoms in total. The van der Waals surface area contributed by atoms with Crippen molar-refractivity contribution in [2.75, 3.05) is 24.2 Å². The van der Waals surface area contributed by atoms with Gasteiger partial charge in [0.2, 0.25) is 0 Å². The predicted octanol–water partition coefficient (Wildman–Crippen LogP) is 2.41. The lowest BCUT2D eigenvalue weighted by atomic mass is 10.1. The molecule has 0 radical (unpaired) electrons. The van der Waals surface area contributed by atoms with Crippen molar-refractivity contribution in [2.45, 2.75) is 18.9 Å². The lowest BCUT2D eigenvalue weighted by Crippen LogP contribution is -2.19. The van der Waals surface area contributed by atoms with Crippen LogP contribution in [-0.4, -0.2) is 24.2 Å². The Labute approximate surface area is 106 Å². The van der Waals surface area contributed by atoms with Gasteiger partial charge in [-0.15, -0.1) is 0 Å². The molecule has 4 heteroatoms. The van der Waals surface area contributed by atoms with Crippen molar-refractivity contribution in [3.8, 4) is 0 Å². The van der Waals surface area contributed by atoms with Gasteiger partial charge in [-0.05, 0) is 18.9 Å². The van der Waals surface area contributed by atoms with E-state index in [0.29, 0.717) is 11.8 Å². The molecule has 0 aliphatic carbocycles. The smallest absolute Gasteiger partial charge is 0.0748 e. The Balaban J connectivity index is 1.87. The molecule has 1 fully saturated rings. The van der Waals surface area contributed by atoms with Crippen molar-refractivity contribution in [1.82, 2.24) is 4.98 Å². The zero-order valence-corrected chi connectivity index (χ0v) is 10.2. The van der Waals surface area contributed by atoms with Crippen LogP contribution in [0.5, 0.6) is 0 Å². The molecule has 0 amide bonds. The highest BCUT2D eigenvalue weighted by atomic mass is 16.5. The second kappa shape index (κ2) is 4.82. The van der Waals surface area contributed by atoms with Crippen molar-refractivity contribution in [3.63, 3.8) is 0 Å². The maximum Gasteiger partial charge on any atom is 0.0748 e. The number of fused-ring (bicyclic) bond motifs is 1. The van der Waals surface area contributed by atoms with Crippen LogP contribution in [0.3, 0.4) is 0 Å². The molecule has 3 rings (SSSR count). The molecule has 18 heavy (non-hydrogen) atoms. The molecular formula is C14H17N3O. The van der Waals surface area contributed by atoms with Gasteiger partial charge in [0.25, 0.3) is 0 Å². The predicted molar refractivity (Wildman–Crippen MR) is 73.6 cm³/mol. The van der Waals surface area contributed by atoms with Crippen LogP contribution in [0.4, 0.5) is 11.4 Å². The molecule has 1 aromatic heterocycles. The van der Waals surface area contributed by atoms with Crippen molar-refractivity contribution >= 4 is 22.3 Å². The summed E-state index contributed by atoms with van der Waals surface area (Å²) in [6, 6.07) is 8.01. The van der Waals surface area contributed by atoms with Crippen molar-refractivity contribution < 1.29 is 4.74 Å². The molecule has 1 aromatic carbocycles. The van der Waals surface area contributed by atoms with Gasteiger partial charge in [0, 0.05) is 18.5 Å². The first kappa shape index (κ1) is 11.3. The lowest BCUT2D eigenvalue weighted by Gasteiger charge is -2.15. The fourth-order valence-electron chi connectivity index (χ4n) is 2.38. The van der Waals surface area contributed by atoms with Gasteiger partial charge in [0.1, 0.15) is 0 Å². The Morgan fingerprint density at radius 1 is 1.39 bits per heavy atom. The average molecular weight is 243 g/mol. The lowest BCUT2D eigenvalue weighted by molar-refractivity contribution is 0.120. The number of nitrogens with zero attached hydrogens (tertiary/aromatic N) is 1. The Bertz CT molecular complexity index is 550. The number of nitrogens with two attached hydrogens (primary N) is 1. The minimum atomic E-state index is 0.302. The number of aromatic nitrogens is 1. The highest BCUT2D eigenvalue weighted by Crippen LogP contribution is 2.27. The fourth-order valence-corrected chi connectivity index (χ4v) is 2.38. The summed E-state index contributed by atoms with van der Waals surface area (Å²) in [4.78, 5) is 4.32. The number of benzene rings is 1. The summed E-state index contributed by atoms with van der Waals surface area (Å²) in [5.41, 5.74) is 8.62. The maximum absolute atomic E-state index is 6.01. The van der Waals surface area contributed by atoms with Gasteiger partial charge >= 0.3 is 0 Å². The third kappa shape index (κ3) is 2.11. The Hall–Kier alpha value is -1.81. The summed E-state index contributed by atoms with van der Waals surface area (Å²) in [5, 5.41) is 4.47. The van der Waals surface area contributed by atoms with Gasteiger partial charge in [0.15, 0.2) is 0 Å². The molecule has 0 saturated carbocycles. The molecule has 2 heterocycles. The Kier molecular flexibility index (Phi) is 3.02. The summed E-state index contributed by atoms with van der Waals surface area (Å²) in [7, 11) is 0. The van der Waals surface area contributed by atoms with Crippen LogP contribution in [0.2, 0.25) is 0 Å². The zero-order valence-electron chi connectivity index (χ0n) is 10.2. The fraction of sp³-hybridized carbons (Fsp3) is 0.357. The van der Waals surface area contributed by atoms with Crippen molar-refractivity contribution in [1.29, 1.82) is 0 Å². The minimum Gasteiger partial charge on any atom is -0.396 e. The van der Waals surface area contributed by atoms with Crippen LogP contribution in [0.25, 0.3) is 10.9 Å². The zero-order chi connectivity index (χ0) is 12.4. The van der Waals surface area contributed by atoms with Crippen LogP contribution >= 0.6 is 0 Å². The third-order valence-electron chi connectivity index (χ3n) is 3.34. The van der Waals surface area contributed by atoms with Crippen molar-refractivity contribution in [3.05, 3.63) is 30.5 Å². The molecule has 2 aromatic rings. The van der Waals surface area contributed by atoms with Crippen molar-refractivity contribution in [2.24, 2.45) is 0 Å². The van der Waals surface area contributed by atoms with E-state index in [4.69, 9.17) is 10.5 Å². The SMILES string of the molecule is Nc1cnc2ccccc2c1NCC1CCCO1. The number of nitrogen functional groups attached to an aromatic ring is 1. The summed E-state index contributed by atoms with van der Waals surface area (Å²) in [5.74, 6) is 0. The summed E-state index contributed by atoms with van der Waals surface area (Å²) >= 11 is 0. The van der Waals surface area contributed by atoms with E-state index in [2.05, 4.69) is 10.3 Å². The second-order valence-electron chi connectivity index (χ2n) is 4.62. The molecular weight excluding hydrogens is 226 g/mol. The third-order valence-corrected chi connectivity index (χ3v) is 3.34. The molecule has 1 saturated heterocycles.